The Morgan fingerprint density at radius 2 is 1.76 bits per heavy atom. The highest BCUT2D eigenvalue weighted by molar-refractivity contribution is 7.89. The monoisotopic (exact) mass is 365 g/mol. The number of anilines is 2. The number of nitrogens with one attached hydrogen (secondary N) is 2. The Hall–Kier alpha value is -2.45. The van der Waals surface area contributed by atoms with Crippen molar-refractivity contribution in [3.05, 3.63) is 53.8 Å². The van der Waals surface area contributed by atoms with E-state index in [1.807, 2.05) is 6.92 Å². The maximum absolute atomic E-state index is 13.2. The van der Waals surface area contributed by atoms with Crippen LogP contribution in [0.2, 0.25) is 0 Å². The number of nitrogens with zero attached hydrogens (tertiary/aromatic N) is 1. The molecule has 0 fully saturated rings. The molecule has 0 aliphatic rings. The van der Waals surface area contributed by atoms with Gasteiger partial charge in [-0.2, -0.15) is 0 Å². The van der Waals surface area contributed by atoms with Crippen LogP contribution in [0.4, 0.5) is 15.8 Å². The number of amides is 1. The Morgan fingerprint density at radius 3 is 2.36 bits per heavy atom. The number of carbonyl (C=O) groups is 1. The summed E-state index contributed by atoms with van der Waals surface area (Å²) in [5.74, 6) is -0.710. The van der Waals surface area contributed by atoms with E-state index in [4.69, 9.17) is 0 Å². The first-order valence-corrected chi connectivity index (χ1v) is 8.96. The van der Waals surface area contributed by atoms with Gasteiger partial charge < -0.3 is 10.6 Å². The van der Waals surface area contributed by atoms with Crippen molar-refractivity contribution < 1.29 is 17.6 Å². The molecule has 2 N–H and O–H groups in total. The van der Waals surface area contributed by atoms with Crippen molar-refractivity contribution in [1.29, 1.82) is 0 Å². The molecule has 8 heteroatoms. The second kappa shape index (κ2) is 7.62. The van der Waals surface area contributed by atoms with Gasteiger partial charge in [-0.3, -0.25) is 4.79 Å². The maximum Gasteiger partial charge on any atom is 0.243 e. The number of sulfonamides is 1. The minimum atomic E-state index is -3.50. The molecule has 0 bridgehead atoms. The molecule has 0 heterocycles. The fourth-order valence-corrected chi connectivity index (χ4v) is 2.99. The third-order valence-electron chi connectivity index (χ3n) is 3.56. The number of carbonyl (C=O) groups excluding carboxylic acids is 1. The molecule has 0 radical (unpaired) electrons. The predicted molar refractivity (Wildman–Crippen MR) is 95.6 cm³/mol. The van der Waals surface area contributed by atoms with Crippen molar-refractivity contribution in [3.8, 4) is 0 Å². The molecule has 6 nitrogen and oxygen atoms in total. The first-order valence-electron chi connectivity index (χ1n) is 7.52. The van der Waals surface area contributed by atoms with E-state index in [0.29, 0.717) is 11.4 Å². The highest BCUT2D eigenvalue weighted by Crippen LogP contribution is 2.17. The number of benzene rings is 2. The molecule has 0 unspecified atom stereocenters. The summed E-state index contributed by atoms with van der Waals surface area (Å²) in [7, 11) is -0.605. The van der Waals surface area contributed by atoms with Crippen LogP contribution in [0.1, 0.15) is 5.56 Å². The Labute approximate surface area is 146 Å². The van der Waals surface area contributed by atoms with Gasteiger partial charge in [-0.05, 0) is 48.9 Å². The van der Waals surface area contributed by atoms with Gasteiger partial charge in [-0.1, -0.05) is 6.07 Å². The van der Waals surface area contributed by atoms with Gasteiger partial charge in [-0.25, -0.2) is 17.1 Å². The number of halogens is 1. The largest absolute Gasteiger partial charge is 0.376 e. The van der Waals surface area contributed by atoms with Crippen LogP contribution in [0.5, 0.6) is 0 Å². The normalized spacial score (nSPS) is 11.4. The lowest BCUT2D eigenvalue weighted by atomic mass is 10.2. The second-order valence-electron chi connectivity index (χ2n) is 5.67. The average molecular weight is 365 g/mol. The summed E-state index contributed by atoms with van der Waals surface area (Å²) < 4.78 is 38.3. The second-order valence-corrected chi connectivity index (χ2v) is 7.82. The summed E-state index contributed by atoms with van der Waals surface area (Å²) in [6, 6.07) is 10.2. The lowest BCUT2D eigenvalue weighted by Gasteiger charge is -2.12. The van der Waals surface area contributed by atoms with Gasteiger partial charge >= 0.3 is 0 Å². The van der Waals surface area contributed by atoms with Crippen LogP contribution in [-0.2, 0) is 14.8 Å². The summed E-state index contributed by atoms with van der Waals surface area (Å²) in [5.41, 5.74) is 1.84. The maximum atomic E-state index is 13.2. The van der Waals surface area contributed by atoms with Gasteiger partial charge in [0.2, 0.25) is 15.9 Å². The van der Waals surface area contributed by atoms with Crippen molar-refractivity contribution in [3.63, 3.8) is 0 Å². The molecule has 0 saturated carbocycles. The highest BCUT2D eigenvalue weighted by atomic mass is 32.2. The molecule has 134 valence electrons. The molecule has 2 rings (SSSR count). The highest BCUT2D eigenvalue weighted by Gasteiger charge is 2.16. The van der Waals surface area contributed by atoms with Crippen LogP contribution in [0.3, 0.4) is 0 Å². The summed E-state index contributed by atoms with van der Waals surface area (Å²) >= 11 is 0. The Kier molecular flexibility index (Phi) is 5.76. The summed E-state index contributed by atoms with van der Waals surface area (Å²) in [4.78, 5) is 12.1. The number of hydrogen-bond acceptors (Lipinski definition) is 4. The summed E-state index contributed by atoms with van der Waals surface area (Å²) in [6.07, 6.45) is 0. The van der Waals surface area contributed by atoms with Gasteiger partial charge in [0.25, 0.3) is 0 Å². The van der Waals surface area contributed by atoms with E-state index in [0.717, 1.165) is 9.87 Å². The minimum absolute atomic E-state index is 0.0396. The zero-order valence-corrected chi connectivity index (χ0v) is 15.0. The fourth-order valence-electron chi connectivity index (χ4n) is 2.09. The zero-order chi connectivity index (χ0) is 18.6. The molecular formula is C17H20FN3O3S. The first-order chi connectivity index (χ1) is 11.7. The molecule has 0 atom stereocenters. The lowest BCUT2D eigenvalue weighted by Crippen LogP contribution is -2.23. The standard InChI is InChI=1S/C17H20FN3O3S/c1-12-4-5-13(18)10-16(12)19-11-17(22)20-14-6-8-15(9-7-14)25(23,24)21(2)3/h4-10,19H,11H2,1-3H3,(H,20,22). The van der Waals surface area contributed by atoms with Crippen molar-refractivity contribution >= 4 is 27.3 Å². The molecule has 0 aliphatic carbocycles. The Morgan fingerprint density at radius 1 is 1.12 bits per heavy atom. The van der Waals surface area contributed by atoms with Crippen LogP contribution in [0.25, 0.3) is 0 Å². The fraction of sp³-hybridized carbons (Fsp3) is 0.235. The van der Waals surface area contributed by atoms with Crippen molar-refractivity contribution in [2.24, 2.45) is 0 Å². The van der Waals surface area contributed by atoms with Crippen molar-refractivity contribution in [2.45, 2.75) is 11.8 Å². The number of hydrogen-bond donors (Lipinski definition) is 2. The van der Waals surface area contributed by atoms with Crippen molar-refractivity contribution in [2.75, 3.05) is 31.3 Å². The molecule has 1 amide bonds. The molecule has 25 heavy (non-hydrogen) atoms. The van der Waals surface area contributed by atoms with E-state index >= 15 is 0 Å². The van der Waals surface area contributed by atoms with Gasteiger partial charge in [0.15, 0.2) is 0 Å². The number of aryl methyl sites for hydroxylation is 1. The summed E-state index contributed by atoms with van der Waals surface area (Å²) in [6.45, 7) is 1.77. The van der Waals surface area contributed by atoms with E-state index in [1.165, 1.54) is 50.5 Å². The van der Waals surface area contributed by atoms with Crippen LogP contribution >= 0.6 is 0 Å². The van der Waals surface area contributed by atoms with Crippen LogP contribution in [-0.4, -0.2) is 39.3 Å². The van der Waals surface area contributed by atoms with E-state index in [2.05, 4.69) is 10.6 Å². The van der Waals surface area contributed by atoms with Gasteiger partial charge in [0.1, 0.15) is 5.82 Å². The quantitative estimate of drug-likeness (QED) is 0.824. The van der Waals surface area contributed by atoms with Crippen molar-refractivity contribution in [1.82, 2.24) is 4.31 Å². The van der Waals surface area contributed by atoms with E-state index in [-0.39, 0.29) is 23.2 Å². The molecule has 2 aromatic carbocycles. The third kappa shape index (κ3) is 4.77. The Balaban J connectivity index is 1.98. The lowest BCUT2D eigenvalue weighted by molar-refractivity contribution is -0.114. The average Bonchev–Trinajstić information content (AvgIpc) is 2.56. The third-order valence-corrected chi connectivity index (χ3v) is 5.38. The van der Waals surface area contributed by atoms with E-state index in [9.17, 15) is 17.6 Å². The van der Waals surface area contributed by atoms with Gasteiger partial charge in [-0.15, -0.1) is 0 Å². The minimum Gasteiger partial charge on any atom is -0.376 e. The predicted octanol–water partition coefficient (Wildman–Crippen LogP) is 2.44. The molecule has 0 aliphatic heterocycles. The SMILES string of the molecule is Cc1ccc(F)cc1NCC(=O)Nc1ccc(S(=O)(=O)N(C)C)cc1. The summed E-state index contributed by atoms with van der Waals surface area (Å²) in [5, 5.41) is 5.52. The molecule has 0 spiro atoms. The smallest absolute Gasteiger partial charge is 0.243 e. The molecule has 0 saturated heterocycles. The molecule has 0 aromatic heterocycles. The number of rotatable bonds is 6. The Bertz CT molecular complexity index is 865. The topological polar surface area (TPSA) is 78.5 Å². The zero-order valence-electron chi connectivity index (χ0n) is 14.2. The molecule has 2 aromatic rings. The van der Waals surface area contributed by atoms with Gasteiger partial charge in [0.05, 0.1) is 11.4 Å². The van der Waals surface area contributed by atoms with E-state index in [1.54, 1.807) is 6.07 Å². The first kappa shape index (κ1) is 18.9. The molecular weight excluding hydrogens is 345 g/mol. The van der Waals surface area contributed by atoms with Gasteiger partial charge in [0, 0.05) is 25.5 Å². The van der Waals surface area contributed by atoms with Crippen LogP contribution in [0.15, 0.2) is 47.4 Å². The van der Waals surface area contributed by atoms with Crippen LogP contribution < -0.4 is 10.6 Å². The van der Waals surface area contributed by atoms with Crippen LogP contribution in [0, 0.1) is 12.7 Å². The van der Waals surface area contributed by atoms with E-state index < -0.39 is 10.0 Å².